The molecule has 0 bridgehead atoms. The first kappa shape index (κ1) is 29.7. The van der Waals surface area contributed by atoms with Gasteiger partial charge >= 0.3 is 0 Å². The van der Waals surface area contributed by atoms with E-state index in [1.807, 2.05) is 0 Å². The third-order valence-electron chi connectivity index (χ3n) is 6.51. The molecule has 0 aliphatic rings. The molecular formula is C30H59. The summed E-state index contributed by atoms with van der Waals surface area (Å²) in [7, 11) is 0. The number of rotatable bonds is 26. The molecule has 0 amide bonds. The first-order valence-electron chi connectivity index (χ1n) is 14.4. The van der Waals surface area contributed by atoms with E-state index in [9.17, 15) is 0 Å². The number of hydrogen-bond donors (Lipinski definition) is 0. The fourth-order valence-corrected chi connectivity index (χ4v) is 4.37. The lowest BCUT2D eigenvalue weighted by atomic mass is 10.0. The molecule has 0 atom stereocenters. The van der Waals surface area contributed by atoms with Crippen LogP contribution in [0, 0.1) is 6.92 Å². The van der Waals surface area contributed by atoms with Gasteiger partial charge < -0.3 is 0 Å². The Morgan fingerprint density at radius 1 is 0.367 bits per heavy atom. The van der Waals surface area contributed by atoms with Gasteiger partial charge in [0.15, 0.2) is 0 Å². The average molecular weight is 420 g/mol. The third kappa shape index (κ3) is 27.7. The zero-order valence-electron chi connectivity index (χ0n) is 21.2. The minimum atomic E-state index is 1.12. The fraction of sp³-hybridized carbons (Fsp3) is 0.900. The van der Waals surface area contributed by atoms with Crippen molar-refractivity contribution in [1.29, 1.82) is 0 Å². The van der Waals surface area contributed by atoms with Crippen LogP contribution in [0.5, 0.6) is 0 Å². The molecule has 0 heteroatoms. The Morgan fingerprint density at radius 2 is 0.633 bits per heavy atom. The summed E-state index contributed by atoms with van der Waals surface area (Å²) < 4.78 is 0. The Kier molecular flexibility index (Phi) is 28.5. The molecule has 0 unspecified atom stereocenters. The smallest absolute Gasteiger partial charge is 0.0351 e. The molecule has 0 saturated carbocycles. The van der Waals surface area contributed by atoms with Gasteiger partial charge in [-0.15, -0.1) is 0 Å². The second kappa shape index (κ2) is 28.7. The minimum absolute atomic E-state index is 1.12. The molecule has 0 aliphatic carbocycles. The highest BCUT2D eigenvalue weighted by molar-refractivity contribution is 4.81. The van der Waals surface area contributed by atoms with E-state index in [4.69, 9.17) is 0 Å². The Morgan fingerprint density at radius 3 is 0.933 bits per heavy atom. The zero-order valence-corrected chi connectivity index (χ0v) is 21.2. The number of unbranched alkanes of at least 4 members (excludes halogenated alkanes) is 24. The Bertz CT molecular complexity index is 303. The Labute approximate surface area is 193 Å². The van der Waals surface area contributed by atoms with E-state index < -0.39 is 0 Å². The van der Waals surface area contributed by atoms with Crippen molar-refractivity contribution in [3.63, 3.8) is 0 Å². The van der Waals surface area contributed by atoms with E-state index in [2.05, 4.69) is 26.0 Å². The minimum Gasteiger partial charge on any atom is -0.0885 e. The summed E-state index contributed by atoms with van der Waals surface area (Å²) in [5.41, 5.74) is 0. The van der Waals surface area contributed by atoms with Crippen molar-refractivity contribution in [3.8, 4) is 0 Å². The van der Waals surface area contributed by atoms with Gasteiger partial charge in [0, 0.05) is 0 Å². The zero-order chi connectivity index (χ0) is 21.8. The predicted molar refractivity (Wildman–Crippen MR) is 140 cm³/mol. The SMILES string of the molecule is [CH2]CCCCCCCCCCCCCCCCCCC=CCCCCCCCCC. The lowest BCUT2D eigenvalue weighted by Crippen LogP contribution is -1.83. The van der Waals surface area contributed by atoms with Gasteiger partial charge in [-0.2, -0.15) is 0 Å². The van der Waals surface area contributed by atoms with E-state index >= 15 is 0 Å². The molecule has 0 heterocycles. The highest BCUT2D eigenvalue weighted by Gasteiger charge is 1.95. The molecule has 0 nitrogen and oxygen atoms in total. The quantitative estimate of drug-likeness (QED) is 0.0965. The van der Waals surface area contributed by atoms with E-state index in [0.29, 0.717) is 0 Å². The molecule has 0 aromatic heterocycles. The van der Waals surface area contributed by atoms with Crippen LogP contribution in [0.3, 0.4) is 0 Å². The normalized spacial score (nSPS) is 11.7. The monoisotopic (exact) mass is 419 g/mol. The van der Waals surface area contributed by atoms with E-state index in [-0.39, 0.29) is 0 Å². The second-order valence-corrected chi connectivity index (χ2v) is 9.68. The summed E-state index contributed by atoms with van der Waals surface area (Å²) in [6.07, 6.45) is 41.8. The summed E-state index contributed by atoms with van der Waals surface area (Å²) in [4.78, 5) is 0. The maximum Gasteiger partial charge on any atom is -0.0351 e. The van der Waals surface area contributed by atoms with Crippen molar-refractivity contribution >= 4 is 0 Å². The first-order chi connectivity index (χ1) is 14.9. The predicted octanol–water partition coefficient (Wildman–Crippen LogP) is 11.5. The highest BCUT2D eigenvalue weighted by atomic mass is 14.0. The fourth-order valence-electron chi connectivity index (χ4n) is 4.37. The van der Waals surface area contributed by atoms with Crippen molar-refractivity contribution in [2.75, 3.05) is 0 Å². The van der Waals surface area contributed by atoms with Crippen molar-refractivity contribution < 1.29 is 0 Å². The van der Waals surface area contributed by atoms with Gasteiger partial charge in [0.05, 0.1) is 0 Å². The Balaban J connectivity index is 3.04. The average Bonchev–Trinajstić information content (AvgIpc) is 2.76. The molecule has 0 aromatic carbocycles. The molecule has 0 spiro atoms. The number of hydrogen-bond acceptors (Lipinski definition) is 0. The van der Waals surface area contributed by atoms with Gasteiger partial charge in [-0.05, 0) is 25.7 Å². The molecule has 0 fully saturated rings. The summed E-state index contributed by atoms with van der Waals surface area (Å²) in [5, 5.41) is 0. The molecule has 1 radical (unpaired) electrons. The lowest BCUT2D eigenvalue weighted by Gasteiger charge is -2.03. The van der Waals surface area contributed by atoms with Crippen LogP contribution in [0.15, 0.2) is 12.2 Å². The van der Waals surface area contributed by atoms with Crippen LogP contribution >= 0.6 is 0 Å². The van der Waals surface area contributed by atoms with Crippen LogP contribution in [-0.4, -0.2) is 0 Å². The van der Waals surface area contributed by atoms with E-state index in [0.717, 1.165) is 6.42 Å². The topological polar surface area (TPSA) is 0 Å². The van der Waals surface area contributed by atoms with Gasteiger partial charge in [-0.1, -0.05) is 167 Å². The largest absolute Gasteiger partial charge is 0.0885 e. The van der Waals surface area contributed by atoms with Crippen LogP contribution in [0.1, 0.15) is 174 Å². The maximum atomic E-state index is 3.92. The van der Waals surface area contributed by atoms with Crippen LogP contribution < -0.4 is 0 Å². The molecule has 0 aromatic rings. The summed E-state index contributed by atoms with van der Waals surface area (Å²) in [6, 6.07) is 0. The molecule has 0 rings (SSSR count). The molecule has 0 aliphatic heterocycles. The van der Waals surface area contributed by atoms with Crippen molar-refractivity contribution in [2.24, 2.45) is 0 Å². The summed E-state index contributed by atoms with van der Waals surface area (Å²) in [6.45, 7) is 6.21. The first-order valence-corrected chi connectivity index (χ1v) is 14.4. The van der Waals surface area contributed by atoms with Gasteiger partial charge in [-0.3, -0.25) is 0 Å². The molecule has 0 saturated heterocycles. The Hall–Kier alpha value is -0.260. The van der Waals surface area contributed by atoms with E-state index in [1.165, 1.54) is 161 Å². The molecule has 30 heavy (non-hydrogen) atoms. The molecule has 0 N–H and O–H groups in total. The number of allylic oxidation sites excluding steroid dienone is 2. The van der Waals surface area contributed by atoms with Gasteiger partial charge in [0.1, 0.15) is 0 Å². The van der Waals surface area contributed by atoms with Crippen molar-refractivity contribution in [1.82, 2.24) is 0 Å². The summed E-state index contributed by atoms with van der Waals surface area (Å²) >= 11 is 0. The van der Waals surface area contributed by atoms with E-state index in [1.54, 1.807) is 0 Å². The van der Waals surface area contributed by atoms with Crippen LogP contribution in [0.2, 0.25) is 0 Å². The molecule has 179 valence electrons. The van der Waals surface area contributed by atoms with Crippen molar-refractivity contribution in [3.05, 3.63) is 19.1 Å². The van der Waals surface area contributed by atoms with Crippen LogP contribution in [-0.2, 0) is 0 Å². The molecular weight excluding hydrogens is 360 g/mol. The van der Waals surface area contributed by atoms with Gasteiger partial charge in [0.2, 0.25) is 0 Å². The van der Waals surface area contributed by atoms with Crippen LogP contribution in [0.4, 0.5) is 0 Å². The standard InChI is InChI=1S/C30H59/c1-3-5-7-9-11-13-15-17-19-21-23-25-27-29-30-28-26-24-22-20-18-16-14-12-10-8-6-4-2/h20,22H,1,3-19,21,23-30H2,2H3. The third-order valence-corrected chi connectivity index (χ3v) is 6.51. The van der Waals surface area contributed by atoms with Crippen LogP contribution in [0.25, 0.3) is 0 Å². The highest BCUT2D eigenvalue weighted by Crippen LogP contribution is 2.14. The summed E-state index contributed by atoms with van der Waals surface area (Å²) in [5.74, 6) is 0. The van der Waals surface area contributed by atoms with Gasteiger partial charge in [-0.25, -0.2) is 0 Å². The lowest BCUT2D eigenvalue weighted by molar-refractivity contribution is 0.528. The maximum absolute atomic E-state index is 3.92. The van der Waals surface area contributed by atoms with Crippen molar-refractivity contribution in [2.45, 2.75) is 174 Å². The van der Waals surface area contributed by atoms with Gasteiger partial charge in [0.25, 0.3) is 0 Å². The second-order valence-electron chi connectivity index (χ2n) is 9.68.